The van der Waals surface area contributed by atoms with Gasteiger partial charge < -0.3 is 14.7 Å². The lowest BCUT2D eigenvalue weighted by molar-refractivity contribution is -0.384. The van der Waals surface area contributed by atoms with Gasteiger partial charge in [-0.1, -0.05) is 29.8 Å². The van der Waals surface area contributed by atoms with Crippen molar-refractivity contribution in [2.75, 3.05) is 13.7 Å². The Morgan fingerprint density at radius 1 is 1.28 bits per heavy atom. The van der Waals surface area contributed by atoms with Crippen molar-refractivity contribution >= 4 is 23.2 Å². The van der Waals surface area contributed by atoms with Gasteiger partial charge >= 0.3 is 0 Å². The Hall–Kier alpha value is -2.64. The number of hydrogen-bond acceptors (Lipinski definition) is 5. The zero-order valence-electron chi connectivity index (χ0n) is 13.3. The second-order valence-electron chi connectivity index (χ2n) is 5.68. The Bertz CT molecular complexity index is 826. The first-order valence-corrected chi connectivity index (χ1v) is 7.84. The first-order chi connectivity index (χ1) is 11.9. The minimum Gasteiger partial charge on any atom is -0.482 e. The fourth-order valence-corrected chi connectivity index (χ4v) is 3.05. The van der Waals surface area contributed by atoms with Crippen molar-refractivity contribution in [1.29, 1.82) is 0 Å². The number of alkyl halides is 1. The molecule has 0 aliphatic carbocycles. The number of carbonyl (C=O) groups is 1. The lowest BCUT2D eigenvalue weighted by atomic mass is 9.90. The van der Waals surface area contributed by atoms with Crippen LogP contribution in [0.4, 0.5) is 5.69 Å². The summed E-state index contributed by atoms with van der Waals surface area (Å²) in [5.74, 6) is 0.0230. The maximum absolute atomic E-state index is 12.5. The normalized spacial score (nSPS) is 22.4. The molecule has 1 amide bonds. The third-order valence-corrected chi connectivity index (χ3v) is 4.83. The number of rotatable bonds is 4. The van der Waals surface area contributed by atoms with E-state index in [0.717, 1.165) is 0 Å². The van der Waals surface area contributed by atoms with Gasteiger partial charge in [-0.05, 0) is 18.2 Å². The number of aliphatic hydroxyl groups excluding tert-OH is 1. The number of carbonyl (C=O) groups excluding carboxylic acids is 1. The Labute approximate surface area is 148 Å². The molecule has 1 aliphatic heterocycles. The van der Waals surface area contributed by atoms with Gasteiger partial charge in [-0.25, -0.2) is 0 Å². The van der Waals surface area contributed by atoms with Gasteiger partial charge in [0.25, 0.3) is 11.6 Å². The second-order valence-corrected chi connectivity index (χ2v) is 6.33. The summed E-state index contributed by atoms with van der Waals surface area (Å²) in [6, 6.07) is 12.4. The van der Waals surface area contributed by atoms with Crippen LogP contribution in [0.1, 0.15) is 22.0 Å². The van der Waals surface area contributed by atoms with Gasteiger partial charge in [-0.15, -0.1) is 0 Å². The molecular weight excluding hydrogens is 348 g/mol. The van der Waals surface area contributed by atoms with Crippen molar-refractivity contribution in [3.8, 4) is 5.75 Å². The van der Waals surface area contributed by atoms with Crippen LogP contribution in [0.15, 0.2) is 48.5 Å². The molecular formula is C17H15ClN2O5. The fourth-order valence-electron chi connectivity index (χ4n) is 2.81. The smallest absolute Gasteiger partial charge is 0.269 e. The van der Waals surface area contributed by atoms with E-state index in [0.29, 0.717) is 16.9 Å². The highest BCUT2D eigenvalue weighted by molar-refractivity contribution is 6.26. The van der Waals surface area contributed by atoms with Gasteiger partial charge in [0.15, 0.2) is 11.1 Å². The summed E-state index contributed by atoms with van der Waals surface area (Å²) in [5, 5.41) is 20.6. The molecule has 3 rings (SSSR count). The molecule has 0 bridgehead atoms. The molecule has 1 N–H and O–H groups in total. The van der Waals surface area contributed by atoms with Gasteiger partial charge in [-0.3, -0.25) is 14.9 Å². The highest BCUT2D eigenvalue weighted by Crippen LogP contribution is 2.43. The topological polar surface area (TPSA) is 92.9 Å². The number of nitro benzene ring substituents is 1. The fraction of sp³-hybridized carbons (Fsp3) is 0.235. The van der Waals surface area contributed by atoms with E-state index in [4.69, 9.17) is 16.3 Å². The molecule has 0 aromatic heterocycles. The summed E-state index contributed by atoms with van der Waals surface area (Å²) in [7, 11) is 1.49. The van der Waals surface area contributed by atoms with Crippen LogP contribution >= 0.6 is 11.6 Å². The molecule has 2 aromatic carbocycles. The third-order valence-electron chi connectivity index (χ3n) is 4.26. The largest absolute Gasteiger partial charge is 0.482 e. The monoisotopic (exact) mass is 362 g/mol. The number of likely N-dealkylation sites (N-methyl/N-ethyl adjacent to an activating group) is 1. The molecule has 2 unspecified atom stereocenters. The van der Waals surface area contributed by atoms with Crippen molar-refractivity contribution < 1.29 is 19.6 Å². The van der Waals surface area contributed by atoms with Gasteiger partial charge in [0.05, 0.1) is 11.5 Å². The molecule has 0 fully saturated rings. The molecule has 8 heteroatoms. The minimum atomic E-state index is -1.49. The molecule has 130 valence electrons. The summed E-state index contributed by atoms with van der Waals surface area (Å²) in [5.41, 5.74) is 0.914. The maximum Gasteiger partial charge on any atom is 0.269 e. The van der Waals surface area contributed by atoms with Crippen LogP contribution < -0.4 is 4.74 Å². The highest BCUT2D eigenvalue weighted by Gasteiger charge is 2.50. The lowest BCUT2D eigenvalue weighted by Gasteiger charge is -2.45. The molecule has 2 aromatic rings. The van der Waals surface area contributed by atoms with E-state index < -0.39 is 22.6 Å². The Morgan fingerprint density at radius 3 is 2.52 bits per heavy atom. The van der Waals surface area contributed by atoms with Crippen molar-refractivity contribution in [2.45, 2.75) is 11.1 Å². The van der Waals surface area contributed by atoms with Crippen molar-refractivity contribution in [3.63, 3.8) is 0 Å². The summed E-state index contributed by atoms with van der Waals surface area (Å²) < 4.78 is 5.93. The van der Waals surface area contributed by atoms with Crippen molar-refractivity contribution in [1.82, 2.24) is 4.90 Å². The molecule has 1 heterocycles. The van der Waals surface area contributed by atoms with E-state index in [1.54, 1.807) is 24.3 Å². The van der Waals surface area contributed by atoms with E-state index >= 15 is 0 Å². The zero-order valence-corrected chi connectivity index (χ0v) is 14.0. The van der Waals surface area contributed by atoms with E-state index in [1.807, 2.05) is 0 Å². The SMILES string of the molecule is CN1C(=O)c2ccccc2C(Oc2ccc([N+](=O)[O-])cc2)C1(Cl)CO. The van der Waals surface area contributed by atoms with Crippen LogP contribution in [-0.4, -0.2) is 39.5 Å². The third kappa shape index (κ3) is 2.81. The molecule has 7 nitrogen and oxygen atoms in total. The van der Waals surface area contributed by atoms with Crippen LogP contribution in [0.25, 0.3) is 0 Å². The molecule has 25 heavy (non-hydrogen) atoms. The molecule has 2 atom stereocenters. The van der Waals surface area contributed by atoms with Crippen LogP contribution in [0.3, 0.4) is 0 Å². The Balaban J connectivity index is 2.03. The summed E-state index contributed by atoms with van der Waals surface area (Å²) >= 11 is 6.55. The summed E-state index contributed by atoms with van der Waals surface area (Å²) in [6.45, 7) is -0.525. The quantitative estimate of drug-likeness (QED) is 0.390. The summed E-state index contributed by atoms with van der Waals surface area (Å²) in [6.07, 6.45) is -0.848. The highest BCUT2D eigenvalue weighted by atomic mass is 35.5. The first-order valence-electron chi connectivity index (χ1n) is 7.46. The van der Waals surface area contributed by atoms with E-state index in [2.05, 4.69) is 0 Å². The number of ether oxygens (including phenoxy) is 1. The number of nitrogens with zero attached hydrogens (tertiary/aromatic N) is 2. The summed E-state index contributed by atoms with van der Waals surface area (Å²) in [4.78, 5) is 22.5. The van der Waals surface area contributed by atoms with Crippen LogP contribution in [-0.2, 0) is 0 Å². The van der Waals surface area contributed by atoms with Gasteiger partial charge in [0.2, 0.25) is 0 Å². The Kier molecular flexibility index (Phi) is 4.36. The lowest BCUT2D eigenvalue weighted by Crippen LogP contribution is -2.57. The zero-order chi connectivity index (χ0) is 18.2. The first kappa shape index (κ1) is 17.2. The number of amides is 1. The number of nitro groups is 1. The molecule has 0 saturated carbocycles. The number of aliphatic hydroxyl groups is 1. The number of fused-ring (bicyclic) bond motifs is 1. The predicted molar refractivity (Wildman–Crippen MR) is 90.7 cm³/mol. The average molecular weight is 363 g/mol. The number of benzene rings is 2. The number of hydrogen-bond donors (Lipinski definition) is 1. The van der Waals surface area contributed by atoms with E-state index in [1.165, 1.54) is 36.2 Å². The number of halogens is 1. The molecule has 0 radical (unpaired) electrons. The molecule has 1 aliphatic rings. The van der Waals surface area contributed by atoms with E-state index in [9.17, 15) is 20.0 Å². The van der Waals surface area contributed by atoms with E-state index in [-0.39, 0.29) is 11.6 Å². The molecule has 0 saturated heterocycles. The van der Waals surface area contributed by atoms with Crippen LogP contribution in [0.2, 0.25) is 0 Å². The standard InChI is InChI=1S/C17H15ClN2O5/c1-19-16(22)14-5-3-2-4-13(14)15(17(19,18)10-21)25-12-8-6-11(7-9-12)20(23)24/h2-9,15,21H,10H2,1H3. The van der Waals surface area contributed by atoms with Gasteiger partial charge in [0, 0.05) is 30.3 Å². The van der Waals surface area contributed by atoms with Crippen LogP contribution in [0, 0.1) is 10.1 Å². The molecule has 0 spiro atoms. The van der Waals surface area contributed by atoms with Gasteiger partial charge in [0.1, 0.15) is 5.75 Å². The van der Waals surface area contributed by atoms with Crippen molar-refractivity contribution in [3.05, 3.63) is 69.8 Å². The van der Waals surface area contributed by atoms with Gasteiger partial charge in [-0.2, -0.15) is 0 Å². The van der Waals surface area contributed by atoms with Crippen molar-refractivity contribution in [2.24, 2.45) is 0 Å². The predicted octanol–water partition coefficient (Wildman–Crippen LogP) is 2.73. The Morgan fingerprint density at radius 2 is 1.92 bits per heavy atom. The second kappa shape index (κ2) is 6.34. The maximum atomic E-state index is 12.5. The van der Waals surface area contributed by atoms with Crippen LogP contribution in [0.5, 0.6) is 5.75 Å². The average Bonchev–Trinajstić information content (AvgIpc) is 2.63. The number of non-ortho nitro benzene ring substituents is 1. The minimum absolute atomic E-state index is 0.0667.